The third-order valence-corrected chi connectivity index (χ3v) is 8.70. The Balaban J connectivity index is 1.45. The average molecular weight is 621 g/mol. The van der Waals surface area contributed by atoms with Crippen LogP contribution in [-0.2, 0) is 16.1 Å². The number of carbonyl (C=O) groups is 1. The molecule has 4 aromatic carbocycles. The summed E-state index contributed by atoms with van der Waals surface area (Å²) in [6.45, 7) is 4.05. The minimum atomic E-state index is -0.818. The zero-order valence-corrected chi connectivity index (χ0v) is 26.2. The predicted molar refractivity (Wildman–Crippen MR) is 175 cm³/mol. The van der Waals surface area contributed by atoms with Gasteiger partial charge in [0.25, 0.3) is 5.56 Å². The molecule has 0 unspecified atom stereocenters. The molecule has 45 heavy (non-hydrogen) atoms. The van der Waals surface area contributed by atoms with E-state index >= 15 is 0 Å². The van der Waals surface area contributed by atoms with Crippen LogP contribution in [0.4, 0.5) is 0 Å². The smallest absolute Gasteiger partial charge is 0.338 e. The molecule has 0 aliphatic carbocycles. The maximum atomic E-state index is 14.2. The van der Waals surface area contributed by atoms with Crippen molar-refractivity contribution in [2.24, 2.45) is 4.99 Å². The minimum Gasteiger partial charge on any atom is -0.497 e. The lowest BCUT2D eigenvalue weighted by Crippen LogP contribution is -2.40. The van der Waals surface area contributed by atoms with Gasteiger partial charge in [0.1, 0.15) is 29.9 Å². The molecule has 228 valence electrons. The first-order valence-electron chi connectivity index (χ1n) is 14.5. The van der Waals surface area contributed by atoms with Gasteiger partial charge in [-0.2, -0.15) is 0 Å². The van der Waals surface area contributed by atoms with Crippen molar-refractivity contribution in [3.8, 4) is 17.2 Å². The fourth-order valence-electron chi connectivity index (χ4n) is 5.58. The Bertz CT molecular complexity index is 2120. The van der Waals surface area contributed by atoms with Crippen LogP contribution in [0.5, 0.6) is 17.2 Å². The molecule has 0 spiro atoms. The number of benzene rings is 4. The van der Waals surface area contributed by atoms with Gasteiger partial charge in [-0.15, -0.1) is 0 Å². The molecule has 0 saturated heterocycles. The summed E-state index contributed by atoms with van der Waals surface area (Å²) < 4.78 is 24.8. The van der Waals surface area contributed by atoms with Gasteiger partial charge in [0, 0.05) is 17.2 Å². The fourth-order valence-corrected chi connectivity index (χ4v) is 6.61. The van der Waals surface area contributed by atoms with Crippen molar-refractivity contribution in [3.63, 3.8) is 0 Å². The lowest BCUT2D eigenvalue weighted by atomic mass is 9.95. The van der Waals surface area contributed by atoms with Crippen LogP contribution in [0, 0.1) is 0 Å². The Morgan fingerprint density at radius 1 is 0.956 bits per heavy atom. The first-order valence-corrected chi connectivity index (χ1v) is 15.3. The van der Waals surface area contributed by atoms with Gasteiger partial charge >= 0.3 is 5.97 Å². The Morgan fingerprint density at radius 3 is 2.53 bits per heavy atom. The summed E-state index contributed by atoms with van der Waals surface area (Å²) in [4.78, 5) is 32.7. The highest BCUT2D eigenvalue weighted by Crippen LogP contribution is 2.37. The topological polar surface area (TPSA) is 88.4 Å². The number of nitrogens with zero attached hydrogens (tertiary/aromatic N) is 2. The Hall–Kier alpha value is -5.15. The number of ether oxygens (including phenoxy) is 4. The first-order chi connectivity index (χ1) is 21.9. The molecule has 1 aliphatic rings. The third-order valence-electron chi connectivity index (χ3n) is 7.72. The number of para-hydroxylation sites is 1. The van der Waals surface area contributed by atoms with Gasteiger partial charge in [0.15, 0.2) is 4.80 Å². The lowest BCUT2D eigenvalue weighted by Gasteiger charge is -2.26. The number of rotatable bonds is 9. The highest BCUT2D eigenvalue weighted by atomic mass is 32.1. The van der Waals surface area contributed by atoms with E-state index in [9.17, 15) is 9.59 Å². The number of methoxy groups -OCH3 is 2. The molecule has 8 nitrogen and oxygen atoms in total. The fraction of sp³-hybridized carbons (Fsp3) is 0.194. The number of carbonyl (C=O) groups excluding carboxylic acids is 1. The molecule has 9 heteroatoms. The summed E-state index contributed by atoms with van der Waals surface area (Å²) in [5.74, 6) is 1.16. The normalized spacial score (nSPS) is 14.6. The number of esters is 1. The van der Waals surface area contributed by atoms with E-state index in [2.05, 4.69) is 29.3 Å². The number of fused-ring (bicyclic) bond motifs is 2. The van der Waals surface area contributed by atoms with Gasteiger partial charge in [-0.1, -0.05) is 72.0 Å². The maximum absolute atomic E-state index is 14.2. The van der Waals surface area contributed by atoms with E-state index in [-0.39, 0.29) is 17.7 Å². The van der Waals surface area contributed by atoms with E-state index in [1.807, 2.05) is 48.5 Å². The van der Waals surface area contributed by atoms with Gasteiger partial charge < -0.3 is 18.9 Å². The summed E-state index contributed by atoms with van der Waals surface area (Å²) in [5, 5.41) is 2.28. The number of allylic oxidation sites excluding steroid dienone is 1. The molecule has 0 radical (unpaired) electrons. The van der Waals surface area contributed by atoms with Gasteiger partial charge in [-0.25, -0.2) is 9.79 Å². The second-order valence-electron chi connectivity index (χ2n) is 10.4. The highest BCUT2D eigenvalue weighted by molar-refractivity contribution is 7.07. The van der Waals surface area contributed by atoms with E-state index in [1.54, 1.807) is 43.7 Å². The van der Waals surface area contributed by atoms with E-state index < -0.39 is 12.0 Å². The lowest BCUT2D eigenvalue weighted by molar-refractivity contribution is -0.139. The molecule has 0 saturated carbocycles. The summed E-state index contributed by atoms with van der Waals surface area (Å²) in [6, 6.07) is 26.5. The van der Waals surface area contributed by atoms with Crippen LogP contribution in [0.1, 0.15) is 36.6 Å². The molecule has 5 aromatic rings. The number of thiazole rings is 1. The number of hydrogen-bond acceptors (Lipinski definition) is 8. The molecule has 2 heterocycles. The van der Waals surface area contributed by atoms with Crippen molar-refractivity contribution < 1.29 is 23.7 Å². The van der Waals surface area contributed by atoms with Crippen molar-refractivity contribution >= 4 is 34.2 Å². The second kappa shape index (κ2) is 12.8. The van der Waals surface area contributed by atoms with Crippen molar-refractivity contribution in [1.82, 2.24) is 4.57 Å². The van der Waals surface area contributed by atoms with Crippen LogP contribution < -0.4 is 29.1 Å². The molecule has 0 N–H and O–H groups in total. The Labute approximate surface area is 264 Å². The minimum absolute atomic E-state index is 0.183. The van der Waals surface area contributed by atoms with Crippen molar-refractivity contribution in [1.29, 1.82) is 0 Å². The Morgan fingerprint density at radius 2 is 1.73 bits per heavy atom. The summed E-state index contributed by atoms with van der Waals surface area (Å²) in [6.07, 6.45) is 1.81. The van der Waals surface area contributed by atoms with Crippen LogP contribution in [0.2, 0.25) is 0 Å². The zero-order chi connectivity index (χ0) is 31.5. The van der Waals surface area contributed by atoms with Crippen LogP contribution >= 0.6 is 11.3 Å². The summed E-state index contributed by atoms with van der Waals surface area (Å²) in [7, 11) is 3.10. The van der Waals surface area contributed by atoms with Gasteiger partial charge in [-0.05, 0) is 54.5 Å². The van der Waals surface area contributed by atoms with Crippen molar-refractivity contribution in [3.05, 3.63) is 133 Å². The molecular weight excluding hydrogens is 588 g/mol. The first kappa shape index (κ1) is 29.9. The molecule has 1 atom stereocenters. The largest absolute Gasteiger partial charge is 0.497 e. The number of hydrogen-bond donors (Lipinski definition) is 0. The molecular formula is C36H32N2O6S. The van der Waals surface area contributed by atoms with Gasteiger partial charge in [-0.3, -0.25) is 9.36 Å². The van der Waals surface area contributed by atoms with E-state index in [0.29, 0.717) is 44.4 Å². The SMILES string of the molecule is CCOC(=O)C1=C(C)N=c2s/c(=C\c3ccccc3OCc3cccc4ccccc34)c(=O)n2[C@@H]1c1ccc(OC)cc1OC. The molecule has 6 rings (SSSR count). The Kier molecular flexibility index (Phi) is 8.53. The van der Waals surface area contributed by atoms with Crippen LogP contribution in [-0.4, -0.2) is 31.4 Å². The predicted octanol–water partition coefficient (Wildman–Crippen LogP) is 5.55. The van der Waals surface area contributed by atoms with E-state index in [1.165, 1.54) is 18.4 Å². The second-order valence-corrected chi connectivity index (χ2v) is 11.4. The highest BCUT2D eigenvalue weighted by Gasteiger charge is 2.35. The average Bonchev–Trinajstić information content (AvgIpc) is 3.37. The van der Waals surface area contributed by atoms with E-state index in [0.717, 1.165) is 21.9 Å². The van der Waals surface area contributed by atoms with Crippen molar-refractivity contribution in [2.75, 3.05) is 20.8 Å². The molecule has 0 bridgehead atoms. The molecule has 1 aromatic heterocycles. The molecule has 0 fully saturated rings. The molecule has 0 amide bonds. The van der Waals surface area contributed by atoms with Crippen LogP contribution in [0.3, 0.4) is 0 Å². The van der Waals surface area contributed by atoms with Gasteiger partial charge in [0.05, 0.1) is 36.6 Å². The standard InChI is InChI=1S/C36H32N2O6S/c1-5-43-35(40)32-22(2)37-36-38(33(32)28-18-17-26(41-3)20-30(28)42-4)34(39)31(45-36)19-24-12-7-9-16-29(24)44-21-25-14-10-13-23-11-6-8-15-27(23)25/h6-20,33H,5,21H2,1-4H3/b31-19-/t33-/m1/s1. The van der Waals surface area contributed by atoms with Crippen molar-refractivity contribution in [2.45, 2.75) is 26.5 Å². The quantitative estimate of drug-likeness (QED) is 0.201. The van der Waals surface area contributed by atoms with Crippen LogP contribution in [0.15, 0.2) is 106 Å². The van der Waals surface area contributed by atoms with Gasteiger partial charge in [0.2, 0.25) is 0 Å². The molecule has 1 aliphatic heterocycles. The summed E-state index contributed by atoms with van der Waals surface area (Å²) in [5.41, 5.74) is 2.89. The zero-order valence-electron chi connectivity index (χ0n) is 25.4. The van der Waals surface area contributed by atoms with E-state index in [4.69, 9.17) is 18.9 Å². The number of aromatic nitrogens is 1. The monoisotopic (exact) mass is 620 g/mol. The summed E-state index contributed by atoms with van der Waals surface area (Å²) >= 11 is 1.25. The maximum Gasteiger partial charge on any atom is 0.338 e. The van der Waals surface area contributed by atoms with Crippen LogP contribution in [0.25, 0.3) is 16.8 Å². The third kappa shape index (κ3) is 5.74.